The molecule has 2 aromatic heterocycles. The maximum absolute atomic E-state index is 5.14. The quantitative estimate of drug-likeness (QED) is 0.850. The highest BCUT2D eigenvalue weighted by molar-refractivity contribution is 5.20. The van der Waals surface area contributed by atoms with Crippen LogP contribution in [-0.4, -0.2) is 21.0 Å². The zero-order valence-corrected chi connectivity index (χ0v) is 11.2. The van der Waals surface area contributed by atoms with Crippen molar-refractivity contribution < 1.29 is 4.52 Å². The molecule has 0 aromatic carbocycles. The van der Waals surface area contributed by atoms with Crippen molar-refractivity contribution in [1.82, 2.24) is 20.3 Å². The Hall–Kier alpha value is -1.62. The van der Waals surface area contributed by atoms with Gasteiger partial charge in [-0.2, -0.15) is 5.10 Å². The molecule has 0 saturated carbocycles. The normalized spacial score (nSPS) is 12.8. The standard InChI is InChI=1S/C13H20N4O/c1-10(5-8-17-7-4-6-15-17)14-9-13-11(2)16-18-12(13)3/h4,6-7,10,14H,5,8-9H2,1-3H3/t10-/m1/s1. The van der Waals surface area contributed by atoms with E-state index >= 15 is 0 Å². The first-order chi connectivity index (χ1) is 8.66. The minimum Gasteiger partial charge on any atom is -0.361 e. The first kappa shape index (κ1) is 12.8. The van der Waals surface area contributed by atoms with Gasteiger partial charge in [-0.3, -0.25) is 4.68 Å². The molecule has 0 aliphatic carbocycles. The number of hydrogen-bond donors (Lipinski definition) is 1. The summed E-state index contributed by atoms with van der Waals surface area (Å²) < 4.78 is 7.09. The van der Waals surface area contributed by atoms with E-state index in [1.807, 2.05) is 37.0 Å². The lowest BCUT2D eigenvalue weighted by atomic mass is 10.1. The molecule has 0 aliphatic heterocycles. The Balaban J connectivity index is 1.76. The van der Waals surface area contributed by atoms with E-state index in [0.717, 1.165) is 31.0 Å². The van der Waals surface area contributed by atoms with Gasteiger partial charge in [0.25, 0.3) is 0 Å². The highest BCUT2D eigenvalue weighted by Crippen LogP contribution is 2.12. The average Bonchev–Trinajstić information content (AvgIpc) is 2.96. The van der Waals surface area contributed by atoms with Crippen molar-refractivity contribution in [2.24, 2.45) is 0 Å². The third-order valence-corrected chi connectivity index (χ3v) is 3.16. The predicted molar refractivity (Wildman–Crippen MR) is 69.1 cm³/mol. The van der Waals surface area contributed by atoms with Crippen molar-refractivity contribution >= 4 is 0 Å². The molecule has 0 spiro atoms. The van der Waals surface area contributed by atoms with Gasteiger partial charge in [0.05, 0.1) is 5.69 Å². The van der Waals surface area contributed by atoms with E-state index in [4.69, 9.17) is 4.52 Å². The molecule has 2 rings (SSSR count). The molecule has 0 aliphatic rings. The van der Waals surface area contributed by atoms with Crippen LogP contribution in [0, 0.1) is 13.8 Å². The predicted octanol–water partition coefficient (Wildman–Crippen LogP) is 2.06. The molecule has 0 unspecified atom stereocenters. The Labute approximate surface area is 107 Å². The van der Waals surface area contributed by atoms with Gasteiger partial charge in [0.2, 0.25) is 0 Å². The topological polar surface area (TPSA) is 55.9 Å². The van der Waals surface area contributed by atoms with E-state index in [9.17, 15) is 0 Å². The molecule has 5 nitrogen and oxygen atoms in total. The Morgan fingerprint density at radius 3 is 2.89 bits per heavy atom. The maximum Gasteiger partial charge on any atom is 0.138 e. The molecule has 2 aromatic rings. The summed E-state index contributed by atoms with van der Waals surface area (Å²) in [6, 6.07) is 2.38. The molecular weight excluding hydrogens is 228 g/mol. The van der Waals surface area contributed by atoms with Gasteiger partial charge in [0.1, 0.15) is 5.76 Å². The SMILES string of the molecule is Cc1noc(C)c1CN[C@H](C)CCn1cccn1. The Morgan fingerprint density at radius 2 is 2.28 bits per heavy atom. The van der Waals surface area contributed by atoms with Crippen molar-refractivity contribution in [2.75, 3.05) is 0 Å². The van der Waals surface area contributed by atoms with Gasteiger partial charge in [-0.15, -0.1) is 0 Å². The second-order valence-electron chi connectivity index (χ2n) is 4.64. The molecular formula is C13H20N4O. The van der Waals surface area contributed by atoms with Crippen LogP contribution in [0.5, 0.6) is 0 Å². The highest BCUT2D eigenvalue weighted by Gasteiger charge is 2.10. The second-order valence-corrected chi connectivity index (χ2v) is 4.64. The van der Waals surface area contributed by atoms with Crippen LogP contribution in [0.15, 0.2) is 23.0 Å². The molecule has 0 fully saturated rings. The average molecular weight is 248 g/mol. The first-order valence-electron chi connectivity index (χ1n) is 6.29. The summed E-state index contributed by atoms with van der Waals surface area (Å²) in [5.41, 5.74) is 2.14. The van der Waals surface area contributed by atoms with Crippen molar-refractivity contribution in [2.45, 2.75) is 46.3 Å². The Morgan fingerprint density at radius 1 is 1.44 bits per heavy atom. The number of aryl methyl sites for hydroxylation is 3. The summed E-state index contributed by atoms with van der Waals surface area (Å²) in [4.78, 5) is 0. The molecule has 1 N–H and O–H groups in total. The number of nitrogens with zero attached hydrogens (tertiary/aromatic N) is 3. The summed E-state index contributed by atoms with van der Waals surface area (Å²) in [5, 5.41) is 11.6. The van der Waals surface area contributed by atoms with Gasteiger partial charge < -0.3 is 9.84 Å². The van der Waals surface area contributed by atoms with E-state index in [-0.39, 0.29) is 0 Å². The van der Waals surface area contributed by atoms with E-state index in [1.54, 1.807) is 0 Å². The fourth-order valence-electron chi connectivity index (χ4n) is 1.89. The second kappa shape index (κ2) is 5.82. The fraction of sp³-hybridized carbons (Fsp3) is 0.538. The van der Waals surface area contributed by atoms with Crippen LogP contribution in [0.3, 0.4) is 0 Å². The smallest absolute Gasteiger partial charge is 0.138 e. The van der Waals surface area contributed by atoms with Crippen molar-refractivity contribution in [3.8, 4) is 0 Å². The van der Waals surface area contributed by atoms with Crippen LogP contribution >= 0.6 is 0 Å². The van der Waals surface area contributed by atoms with Gasteiger partial charge in [-0.1, -0.05) is 5.16 Å². The van der Waals surface area contributed by atoms with Crippen molar-refractivity contribution in [3.05, 3.63) is 35.5 Å². The molecule has 0 bridgehead atoms. The van der Waals surface area contributed by atoms with Gasteiger partial charge in [-0.25, -0.2) is 0 Å². The summed E-state index contributed by atoms with van der Waals surface area (Å²) in [5.74, 6) is 0.902. The van der Waals surface area contributed by atoms with Crippen molar-refractivity contribution in [3.63, 3.8) is 0 Å². The minimum absolute atomic E-state index is 0.433. The van der Waals surface area contributed by atoms with Gasteiger partial charge >= 0.3 is 0 Å². The molecule has 5 heteroatoms. The molecule has 0 saturated heterocycles. The third kappa shape index (κ3) is 3.20. The zero-order valence-electron chi connectivity index (χ0n) is 11.2. The molecule has 2 heterocycles. The number of rotatable bonds is 6. The monoisotopic (exact) mass is 248 g/mol. The van der Waals surface area contributed by atoms with Gasteiger partial charge in [-0.05, 0) is 33.3 Å². The van der Waals surface area contributed by atoms with Crippen LogP contribution in [-0.2, 0) is 13.1 Å². The van der Waals surface area contributed by atoms with E-state index < -0.39 is 0 Å². The summed E-state index contributed by atoms with van der Waals surface area (Å²) in [6.07, 6.45) is 4.84. The largest absolute Gasteiger partial charge is 0.361 e. The van der Waals surface area contributed by atoms with Gasteiger partial charge in [0, 0.05) is 37.1 Å². The van der Waals surface area contributed by atoms with Crippen LogP contribution in [0.2, 0.25) is 0 Å². The van der Waals surface area contributed by atoms with E-state index in [0.29, 0.717) is 6.04 Å². The number of nitrogens with one attached hydrogen (secondary N) is 1. The fourth-order valence-corrected chi connectivity index (χ4v) is 1.89. The zero-order chi connectivity index (χ0) is 13.0. The Kier molecular flexibility index (Phi) is 4.15. The number of hydrogen-bond acceptors (Lipinski definition) is 4. The Bertz CT molecular complexity index is 456. The molecule has 0 amide bonds. The lowest BCUT2D eigenvalue weighted by Gasteiger charge is -2.13. The molecule has 0 radical (unpaired) electrons. The summed E-state index contributed by atoms with van der Waals surface area (Å²) >= 11 is 0. The van der Waals surface area contributed by atoms with Crippen LogP contribution in [0.1, 0.15) is 30.4 Å². The highest BCUT2D eigenvalue weighted by atomic mass is 16.5. The van der Waals surface area contributed by atoms with E-state index in [2.05, 4.69) is 22.5 Å². The first-order valence-corrected chi connectivity index (χ1v) is 6.29. The number of aromatic nitrogens is 3. The summed E-state index contributed by atoms with van der Waals surface area (Å²) in [7, 11) is 0. The minimum atomic E-state index is 0.433. The van der Waals surface area contributed by atoms with Crippen LogP contribution in [0.4, 0.5) is 0 Å². The maximum atomic E-state index is 5.14. The van der Waals surface area contributed by atoms with E-state index in [1.165, 1.54) is 5.56 Å². The third-order valence-electron chi connectivity index (χ3n) is 3.16. The molecule has 98 valence electrons. The van der Waals surface area contributed by atoms with Crippen LogP contribution < -0.4 is 5.32 Å². The van der Waals surface area contributed by atoms with Crippen LogP contribution in [0.25, 0.3) is 0 Å². The lowest BCUT2D eigenvalue weighted by molar-refractivity contribution is 0.391. The van der Waals surface area contributed by atoms with Gasteiger partial charge in [0.15, 0.2) is 0 Å². The molecule has 18 heavy (non-hydrogen) atoms. The van der Waals surface area contributed by atoms with Crippen molar-refractivity contribution in [1.29, 1.82) is 0 Å². The summed E-state index contributed by atoms with van der Waals surface area (Å²) in [6.45, 7) is 7.85. The lowest BCUT2D eigenvalue weighted by Crippen LogP contribution is -2.27. The molecule has 1 atom stereocenters.